The molecule has 0 saturated heterocycles. The zero-order chi connectivity index (χ0) is 8.43. The summed E-state index contributed by atoms with van der Waals surface area (Å²) in [6, 6.07) is 0. The largest absolute Gasteiger partial charge is 0.491 e. The van der Waals surface area contributed by atoms with Crippen LogP contribution in [0.15, 0.2) is 4.42 Å². The number of hydrogen-bond donors (Lipinski definition) is 1. The van der Waals surface area contributed by atoms with Gasteiger partial charge >= 0.3 is 11.9 Å². The van der Waals surface area contributed by atoms with E-state index >= 15 is 0 Å². The first-order valence-corrected chi connectivity index (χ1v) is 2.90. The van der Waals surface area contributed by atoms with Crippen molar-refractivity contribution in [2.75, 3.05) is 7.11 Å². The predicted octanol–water partition coefficient (Wildman–Crippen LogP) is 0.475. The first kappa shape index (κ1) is 7.59. The average molecular weight is 157 g/mol. The van der Waals surface area contributed by atoms with E-state index in [1.807, 2.05) is 0 Å². The number of ether oxygens (including phenoxy) is 1. The van der Waals surface area contributed by atoms with Crippen molar-refractivity contribution in [2.45, 2.75) is 6.92 Å². The molecule has 5 heteroatoms. The van der Waals surface area contributed by atoms with E-state index in [-0.39, 0.29) is 17.5 Å². The molecule has 0 aliphatic heterocycles. The fourth-order valence-corrected chi connectivity index (χ4v) is 0.563. The van der Waals surface area contributed by atoms with Crippen LogP contribution in [-0.4, -0.2) is 23.2 Å². The van der Waals surface area contributed by atoms with Crippen LogP contribution >= 0.6 is 0 Å². The van der Waals surface area contributed by atoms with E-state index in [0.717, 1.165) is 0 Å². The monoisotopic (exact) mass is 157 g/mol. The Morgan fingerprint density at radius 1 is 1.73 bits per heavy atom. The molecule has 0 bridgehead atoms. The molecular weight excluding hydrogens is 150 g/mol. The second-order valence-electron chi connectivity index (χ2n) is 1.89. The van der Waals surface area contributed by atoms with Crippen LogP contribution in [0.4, 0.5) is 0 Å². The Labute approximate surface area is 62.6 Å². The van der Waals surface area contributed by atoms with Gasteiger partial charge in [0.05, 0.1) is 7.11 Å². The summed E-state index contributed by atoms with van der Waals surface area (Å²) < 4.78 is 9.03. The number of esters is 1. The van der Waals surface area contributed by atoms with E-state index in [1.165, 1.54) is 14.0 Å². The van der Waals surface area contributed by atoms with Crippen LogP contribution < -0.4 is 0 Å². The molecular formula is C6H7NO4. The quantitative estimate of drug-likeness (QED) is 0.600. The molecule has 0 amide bonds. The van der Waals surface area contributed by atoms with Gasteiger partial charge in [0.15, 0.2) is 5.76 Å². The minimum Gasteiger partial charge on any atom is -0.491 e. The highest BCUT2D eigenvalue weighted by Crippen LogP contribution is 2.15. The number of carbonyl (C=O) groups excluding carboxylic acids is 1. The van der Waals surface area contributed by atoms with Crippen LogP contribution in [0.2, 0.25) is 0 Å². The van der Waals surface area contributed by atoms with E-state index < -0.39 is 5.97 Å². The van der Waals surface area contributed by atoms with Crippen LogP contribution in [0.3, 0.4) is 0 Å². The number of hydrogen-bond acceptors (Lipinski definition) is 5. The minimum absolute atomic E-state index is 0.199. The standard InChI is InChI=1S/C6H7NO4/c1-3-4(8)7-5(11-3)6(9)10-2/h8H,1-2H3. The van der Waals surface area contributed by atoms with Gasteiger partial charge < -0.3 is 14.3 Å². The molecule has 11 heavy (non-hydrogen) atoms. The van der Waals surface area contributed by atoms with Crippen molar-refractivity contribution in [1.29, 1.82) is 0 Å². The van der Waals surface area contributed by atoms with Gasteiger partial charge in [-0.2, -0.15) is 4.98 Å². The van der Waals surface area contributed by atoms with Gasteiger partial charge in [-0.3, -0.25) is 0 Å². The molecule has 1 rings (SSSR count). The van der Waals surface area contributed by atoms with Gasteiger partial charge in [0.25, 0.3) is 5.88 Å². The molecule has 0 unspecified atom stereocenters. The average Bonchev–Trinajstić information content (AvgIpc) is 2.31. The number of oxazole rings is 1. The summed E-state index contributed by atoms with van der Waals surface area (Å²) >= 11 is 0. The van der Waals surface area contributed by atoms with Gasteiger partial charge in [-0.25, -0.2) is 4.79 Å². The van der Waals surface area contributed by atoms with E-state index in [4.69, 9.17) is 9.52 Å². The summed E-state index contributed by atoms with van der Waals surface area (Å²) in [7, 11) is 1.21. The molecule has 0 atom stereocenters. The van der Waals surface area contributed by atoms with Crippen molar-refractivity contribution < 1.29 is 19.1 Å². The normalized spacial score (nSPS) is 9.64. The van der Waals surface area contributed by atoms with Crippen molar-refractivity contribution >= 4 is 5.97 Å². The Balaban J connectivity index is 2.97. The fraction of sp³-hybridized carbons (Fsp3) is 0.333. The van der Waals surface area contributed by atoms with Crippen molar-refractivity contribution in [3.63, 3.8) is 0 Å². The molecule has 0 aromatic carbocycles. The highest BCUT2D eigenvalue weighted by atomic mass is 16.5. The fourth-order valence-electron chi connectivity index (χ4n) is 0.563. The van der Waals surface area contributed by atoms with E-state index in [9.17, 15) is 4.79 Å². The molecule has 0 fully saturated rings. The van der Waals surface area contributed by atoms with Gasteiger partial charge in [0.2, 0.25) is 0 Å². The number of aromatic hydroxyl groups is 1. The molecule has 1 N–H and O–H groups in total. The SMILES string of the molecule is COC(=O)c1nc(O)c(C)o1. The Hall–Kier alpha value is -1.52. The van der Waals surface area contributed by atoms with E-state index in [2.05, 4.69) is 9.72 Å². The zero-order valence-electron chi connectivity index (χ0n) is 6.12. The van der Waals surface area contributed by atoms with Crippen LogP contribution in [-0.2, 0) is 4.74 Å². The number of rotatable bonds is 1. The molecule has 1 aromatic rings. The van der Waals surface area contributed by atoms with Crippen molar-refractivity contribution in [2.24, 2.45) is 0 Å². The second-order valence-corrected chi connectivity index (χ2v) is 1.89. The van der Waals surface area contributed by atoms with Gasteiger partial charge in [-0.05, 0) is 6.92 Å². The molecule has 60 valence electrons. The summed E-state index contributed by atoms with van der Waals surface area (Å²) in [6.45, 7) is 1.49. The lowest BCUT2D eigenvalue weighted by molar-refractivity contribution is 0.0554. The maximum atomic E-state index is 10.7. The third-order valence-corrected chi connectivity index (χ3v) is 1.13. The second kappa shape index (κ2) is 2.61. The molecule has 1 heterocycles. The molecule has 0 aliphatic carbocycles. The summed E-state index contributed by atoms with van der Waals surface area (Å²) in [5, 5.41) is 8.87. The first-order valence-electron chi connectivity index (χ1n) is 2.90. The minimum atomic E-state index is -0.701. The molecule has 0 aliphatic rings. The number of carbonyl (C=O) groups is 1. The van der Waals surface area contributed by atoms with Crippen LogP contribution in [0.1, 0.15) is 16.4 Å². The van der Waals surface area contributed by atoms with Gasteiger partial charge in [0.1, 0.15) is 0 Å². The lowest BCUT2D eigenvalue weighted by Crippen LogP contribution is -2.00. The van der Waals surface area contributed by atoms with Gasteiger partial charge in [-0.15, -0.1) is 0 Å². The van der Waals surface area contributed by atoms with Gasteiger partial charge in [0, 0.05) is 0 Å². The Morgan fingerprint density at radius 3 is 2.73 bits per heavy atom. The zero-order valence-corrected chi connectivity index (χ0v) is 6.12. The predicted molar refractivity (Wildman–Crippen MR) is 34.2 cm³/mol. The van der Waals surface area contributed by atoms with Gasteiger partial charge in [-0.1, -0.05) is 0 Å². The molecule has 1 aromatic heterocycles. The van der Waals surface area contributed by atoms with Crippen LogP contribution in [0, 0.1) is 6.92 Å². The number of aryl methyl sites for hydroxylation is 1. The Kier molecular flexibility index (Phi) is 1.80. The van der Waals surface area contributed by atoms with E-state index in [1.54, 1.807) is 0 Å². The Bertz CT molecular complexity index is 259. The van der Waals surface area contributed by atoms with Crippen molar-refractivity contribution in [3.05, 3.63) is 11.7 Å². The number of nitrogens with zero attached hydrogens (tertiary/aromatic N) is 1. The summed E-state index contributed by atoms with van der Waals surface area (Å²) in [4.78, 5) is 14.1. The molecule has 0 radical (unpaired) electrons. The summed E-state index contributed by atoms with van der Waals surface area (Å²) in [5.74, 6) is -1.02. The van der Waals surface area contributed by atoms with Crippen molar-refractivity contribution in [1.82, 2.24) is 4.98 Å². The van der Waals surface area contributed by atoms with Crippen LogP contribution in [0.5, 0.6) is 5.88 Å². The third-order valence-electron chi connectivity index (χ3n) is 1.13. The highest BCUT2D eigenvalue weighted by Gasteiger charge is 2.15. The number of methoxy groups -OCH3 is 1. The molecule has 0 saturated carbocycles. The smallest absolute Gasteiger partial charge is 0.394 e. The third kappa shape index (κ3) is 1.31. The van der Waals surface area contributed by atoms with Crippen molar-refractivity contribution in [3.8, 4) is 5.88 Å². The van der Waals surface area contributed by atoms with Crippen LogP contribution in [0.25, 0.3) is 0 Å². The lowest BCUT2D eigenvalue weighted by atomic mass is 10.6. The maximum absolute atomic E-state index is 10.7. The maximum Gasteiger partial charge on any atom is 0.394 e. The molecule has 0 spiro atoms. The molecule has 5 nitrogen and oxygen atoms in total. The summed E-state index contributed by atoms with van der Waals surface area (Å²) in [5.41, 5.74) is 0. The topological polar surface area (TPSA) is 72.6 Å². The summed E-state index contributed by atoms with van der Waals surface area (Å²) in [6.07, 6.45) is 0. The number of aromatic nitrogens is 1. The lowest BCUT2D eigenvalue weighted by Gasteiger charge is -1.88. The first-order chi connectivity index (χ1) is 5.15. The highest BCUT2D eigenvalue weighted by molar-refractivity contribution is 5.84. The van der Waals surface area contributed by atoms with E-state index in [0.29, 0.717) is 0 Å². The Morgan fingerprint density at radius 2 is 2.36 bits per heavy atom.